The SMILES string of the molecule is CC(C)(C)c1cc(C=O)c([Se][Se]c2c(C=O)cc(C(C)(C)C)cc2C=O)c(C=O)c1. The van der Waals surface area contributed by atoms with Crippen molar-refractivity contribution < 1.29 is 19.2 Å². The van der Waals surface area contributed by atoms with Crippen LogP contribution in [0.1, 0.15) is 94.1 Å². The standard InChI is InChI=1S/C24H26O4Se2/c1-23(2,3)19-7-15(11-25)21(16(8-19)12-26)29-30-22-17(13-27)9-20(24(4,5)6)10-18(22)14-28/h7-14H,1-6H3. The Morgan fingerprint density at radius 1 is 0.533 bits per heavy atom. The fourth-order valence-electron chi connectivity index (χ4n) is 2.84. The second kappa shape index (κ2) is 9.53. The van der Waals surface area contributed by atoms with Gasteiger partial charge in [-0.05, 0) is 0 Å². The van der Waals surface area contributed by atoms with Crippen LogP contribution in [0.3, 0.4) is 0 Å². The third kappa shape index (κ3) is 5.44. The van der Waals surface area contributed by atoms with Crippen molar-refractivity contribution in [2.45, 2.75) is 52.4 Å². The van der Waals surface area contributed by atoms with Gasteiger partial charge in [-0.25, -0.2) is 0 Å². The molecule has 0 atom stereocenters. The molecule has 0 unspecified atom stereocenters. The molecule has 2 aromatic rings. The van der Waals surface area contributed by atoms with Crippen LogP contribution in [0, 0.1) is 0 Å². The first-order chi connectivity index (χ1) is 14.0. The normalized spacial score (nSPS) is 11.8. The zero-order chi connectivity index (χ0) is 22.7. The summed E-state index contributed by atoms with van der Waals surface area (Å²) in [4.78, 5) is 47.1. The molecule has 0 N–H and O–H groups in total. The number of benzene rings is 2. The van der Waals surface area contributed by atoms with Crippen molar-refractivity contribution in [2.75, 3.05) is 0 Å². The van der Waals surface area contributed by atoms with E-state index in [2.05, 4.69) is 0 Å². The molecule has 0 fully saturated rings. The van der Waals surface area contributed by atoms with Crippen LogP contribution in [0.15, 0.2) is 24.3 Å². The average molecular weight is 536 g/mol. The second-order valence-corrected chi connectivity index (χ2v) is 15.2. The van der Waals surface area contributed by atoms with Crippen molar-refractivity contribution in [2.24, 2.45) is 0 Å². The molecule has 0 saturated heterocycles. The third-order valence-electron chi connectivity index (χ3n) is 4.74. The first-order valence-electron chi connectivity index (χ1n) is 9.48. The van der Waals surface area contributed by atoms with E-state index < -0.39 is 0 Å². The molecule has 0 saturated carbocycles. The molecule has 2 rings (SSSR count). The molecule has 2 aromatic carbocycles. The van der Waals surface area contributed by atoms with Gasteiger partial charge >= 0.3 is 190 Å². The predicted molar refractivity (Wildman–Crippen MR) is 123 cm³/mol. The van der Waals surface area contributed by atoms with Gasteiger partial charge < -0.3 is 0 Å². The van der Waals surface area contributed by atoms with E-state index in [1.54, 1.807) is 0 Å². The van der Waals surface area contributed by atoms with Crippen LogP contribution >= 0.6 is 0 Å². The Balaban J connectivity index is 2.54. The van der Waals surface area contributed by atoms with Gasteiger partial charge in [-0.15, -0.1) is 0 Å². The van der Waals surface area contributed by atoms with Gasteiger partial charge in [0.2, 0.25) is 0 Å². The fraction of sp³-hybridized carbons (Fsp3) is 0.333. The molecule has 6 heteroatoms. The Bertz CT molecular complexity index is 856. The molecule has 0 amide bonds. The van der Waals surface area contributed by atoms with E-state index >= 15 is 0 Å². The van der Waals surface area contributed by atoms with E-state index in [1.807, 2.05) is 65.8 Å². The number of aldehydes is 4. The molecule has 0 bridgehead atoms. The van der Waals surface area contributed by atoms with Crippen LogP contribution in [0.5, 0.6) is 0 Å². The predicted octanol–water partition coefficient (Wildman–Crippen LogP) is 2.81. The fourth-order valence-corrected chi connectivity index (χ4v) is 10.9. The first-order valence-corrected chi connectivity index (χ1v) is 15.5. The summed E-state index contributed by atoms with van der Waals surface area (Å²) in [7, 11) is 0. The molecule has 0 aliphatic heterocycles. The Kier molecular flexibility index (Phi) is 7.76. The number of hydrogen-bond donors (Lipinski definition) is 0. The topological polar surface area (TPSA) is 68.3 Å². The summed E-state index contributed by atoms with van der Waals surface area (Å²) >= 11 is -0.483. The van der Waals surface area contributed by atoms with Crippen molar-refractivity contribution in [1.82, 2.24) is 0 Å². The number of rotatable bonds is 7. The molecule has 0 aromatic heterocycles. The molecule has 30 heavy (non-hydrogen) atoms. The van der Waals surface area contributed by atoms with Crippen LogP contribution in [-0.2, 0) is 10.8 Å². The van der Waals surface area contributed by atoms with Crippen LogP contribution < -0.4 is 8.92 Å². The van der Waals surface area contributed by atoms with Gasteiger partial charge in [0, 0.05) is 0 Å². The van der Waals surface area contributed by atoms with Crippen molar-refractivity contribution in [1.29, 1.82) is 0 Å². The van der Waals surface area contributed by atoms with Gasteiger partial charge in [-0.2, -0.15) is 0 Å². The van der Waals surface area contributed by atoms with Crippen molar-refractivity contribution in [3.63, 3.8) is 0 Å². The van der Waals surface area contributed by atoms with E-state index in [9.17, 15) is 19.2 Å². The average Bonchev–Trinajstić information content (AvgIpc) is 2.69. The summed E-state index contributed by atoms with van der Waals surface area (Å²) in [6, 6.07) is 7.38. The number of carbonyl (C=O) groups is 4. The van der Waals surface area contributed by atoms with E-state index in [0.29, 0.717) is 22.3 Å². The third-order valence-corrected chi connectivity index (χ3v) is 12.1. The van der Waals surface area contributed by atoms with Gasteiger partial charge in [0.25, 0.3) is 0 Å². The van der Waals surface area contributed by atoms with E-state index in [0.717, 1.165) is 45.2 Å². The van der Waals surface area contributed by atoms with Crippen LogP contribution in [-0.4, -0.2) is 51.4 Å². The summed E-state index contributed by atoms with van der Waals surface area (Å²) in [6.45, 7) is 12.2. The summed E-state index contributed by atoms with van der Waals surface area (Å²) in [5.74, 6) is 0. The van der Waals surface area contributed by atoms with E-state index in [1.165, 1.54) is 0 Å². The number of carbonyl (C=O) groups excluding carboxylic acids is 4. The molecule has 0 radical (unpaired) electrons. The van der Waals surface area contributed by atoms with Crippen molar-refractivity contribution in [3.05, 3.63) is 57.6 Å². The molecule has 0 spiro atoms. The maximum absolute atomic E-state index is 11.8. The van der Waals surface area contributed by atoms with E-state index in [4.69, 9.17) is 0 Å². The van der Waals surface area contributed by atoms with Crippen molar-refractivity contribution >= 4 is 60.3 Å². The molecule has 0 heterocycles. The molecule has 158 valence electrons. The van der Waals surface area contributed by atoms with Gasteiger partial charge in [-0.1, -0.05) is 0 Å². The van der Waals surface area contributed by atoms with Crippen molar-refractivity contribution in [3.8, 4) is 0 Å². The van der Waals surface area contributed by atoms with Gasteiger partial charge in [0.15, 0.2) is 0 Å². The second-order valence-electron chi connectivity index (χ2n) is 9.11. The molecule has 0 aliphatic carbocycles. The Morgan fingerprint density at radius 3 is 0.933 bits per heavy atom. The molecular weight excluding hydrogens is 510 g/mol. The Hall–Kier alpha value is -1.84. The van der Waals surface area contributed by atoms with E-state index in [-0.39, 0.29) is 37.1 Å². The molecule has 4 nitrogen and oxygen atoms in total. The van der Waals surface area contributed by atoms with Crippen LogP contribution in [0.4, 0.5) is 0 Å². The van der Waals surface area contributed by atoms with Crippen LogP contribution in [0.25, 0.3) is 0 Å². The zero-order valence-electron chi connectivity index (χ0n) is 18.1. The summed E-state index contributed by atoms with van der Waals surface area (Å²) in [5.41, 5.74) is 3.52. The maximum atomic E-state index is 11.8. The minimum atomic E-state index is -0.241. The van der Waals surface area contributed by atoms with Gasteiger partial charge in [0.1, 0.15) is 0 Å². The number of hydrogen-bond acceptors (Lipinski definition) is 4. The summed E-state index contributed by atoms with van der Waals surface area (Å²) < 4.78 is 1.46. The Labute approximate surface area is 189 Å². The Morgan fingerprint density at radius 2 is 0.767 bits per heavy atom. The monoisotopic (exact) mass is 538 g/mol. The van der Waals surface area contributed by atoms with Gasteiger partial charge in [-0.3, -0.25) is 0 Å². The summed E-state index contributed by atoms with van der Waals surface area (Å²) in [5, 5.41) is 0. The minimum absolute atomic E-state index is 0.190. The zero-order valence-corrected chi connectivity index (χ0v) is 21.5. The quantitative estimate of drug-likeness (QED) is 0.404. The summed E-state index contributed by atoms with van der Waals surface area (Å²) in [6.07, 6.45) is 3.16. The van der Waals surface area contributed by atoms with Crippen LogP contribution in [0.2, 0.25) is 0 Å². The molecular formula is C24H26O4Se2. The first kappa shape index (κ1) is 24.4. The van der Waals surface area contributed by atoms with Gasteiger partial charge in [0.05, 0.1) is 0 Å². The molecule has 0 aliphatic rings.